The Kier molecular flexibility index (Phi) is 5.57. The number of carboxylic acids is 1. The lowest BCUT2D eigenvalue weighted by Gasteiger charge is -2.11. The largest absolute Gasteiger partial charge is 0.481 e. The van der Waals surface area contributed by atoms with Crippen LogP contribution in [0.15, 0.2) is 0 Å². The predicted octanol–water partition coefficient (Wildman–Crippen LogP) is -0.371. The molecule has 102 valence electrons. The molecule has 1 aliphatic heterocycles. The molecule has 18 heavy (non-hydrogen) atoms. The van der Waals surface area contributed by atoms with Crippen LogP contribution in [-0.4, -0.2) is 54.6 Å². The van der Waals surface area contributed by atoms with Gasteiger partial charge in [0.15, 0.2) is 0 Å². The van der Waals surface area contributed by atoms with E-state index in [4.69, 9.17) is 5.11 Å². The van der Waals surface area contributed by atoms with E-state index < -0.39 is 17.9 Å². The summed E-state index contributed by atoms with van der Waals surface area (Å²) in [6.07, 6.45) is 0.575. The molecule has 3 amide bonds. The number of carbonyl (C=O) groups is 3. The van der Waals surface area contributed by atoms with Crippen LogP contribution in [0.5, 0.6) is 0 Å². The summed E-state index contributed by atoms with van der Waals surface area (Å²) < 4.78 is 0. The molecule has 0 aromatic rings. The molecule has 0 aromatic heterocycles. The van der Waals surface area contributed by atoms with Gasteiger partial charge in [-0.1, -0.05) is 0 Å². The molecule has 7 nitrogen and oxygen atoms in total. The first kappa shape index (κ1) is 14.4. The monoisotopic (exact) mass is 257 g/mol. The lowest BCUT2D eigenvalue weighted by Crippen LogP contribution is -2.41. The van der Waals surface area contributed by atoms with Crippen LogP contribution in [0, 0.1) is 5.92 Å². The van der Waals surface area contributed by atoms with Crippen molar-refractivity contribution in [2.45, 2.75) is 19.3 Å². The number of carboxylic acid groups (broad SMARTS) is 1. The van der Waals surface area contributed by atoms with Crippen LogP contribution in [0.1, 0.15) is 19.3 Å². The molecule has 7 heteroatoms. The Bertz CT molecular complexity index is 332. The second-order valence-corrected chi connectivity index (χ2v) is 4.57. The molecule has 0 radical (unpaired) electrons. The maximum absolute atomic E-state index is 11.3. The van der Waals surface area contributed by atoms with E-state index in [1.807, 2.05) is 7.05 Å². The smallest absolute Gasteiger partial charge is 0.321 e. The van der Waals surface area contributed by atoms with Gasteiger partial charge in [-0.3, -0.25) is 14.9 Å². The predicted molar refractivity (Wildman–Crippen MR) is 64.0 cm³/mol. The number of nitrogens with one attached hydrogen (secondary N) is 2. The molecule has 0 saturated carbocycles. The summed E-state index contributed by atoms with van der Waals surface area (Å²) in [5.74, 6) is -1.21. The molecule has 1 unspecified atom stereocenters. The Morgan fingerprint density at radius 3 is 2.61 bits per heavy atom. The lowest BCUT2D eigenvalue weighted by atomic mass is 10.1. The molecule has 1 heterocycles. The SMILES string of the molecule is CN1CCC(CNC(=O)NC(=O)CCC(=O)O)C1. The van der Waals surface area contributed by atoms with Gasteiger partial charge in [-0.2, -0.15) is 0 Å². The van der Waals surface area contributed by atoms with Crippen molar-refractivity contribution in [1.29, 1.82) is 0 Å². The van der Waals surface area contributed by atoms with Crippen LogP contribution in [0.2, 0.25) is 0 Å². The van der Waals surface area contributed by atoms with E-state index in [1.165, 1.54) is 0 Å². The summed E-state index contributed by atoms with van der Waals surface area (Å²) in [7, 11) is 2.02. The average molecular weight is 257 g/mol. The van der Waals surface area contributed by atoms with E-state index in [9.17, 15) is 14.4 Å². The number of aliphatic carboxylic acids is 1. The summed E-state index contributed by atoms with van der Waals surface area (Å²) in [6, 6.07) is -0.556. The van der Waals surface area contributed by atoms with Crippen LogP contribution in [0.4, 0.5) is 4.79 Å². The quantitative estimate of drug-likeness (QED) is 0.624. The first-order valence-electron chi connectivity index (χ1n) is 5.95. The van der Waals surface area contributed by atoms with Gasteiger partial charge in [0.1, 0.15) is 0 Å². The van der Waals surface area contributed by atoms with Crippen molar-refractivity contribution in [2.75, 3.05) is 26.7 Å². The van der Waals surface area contributed by atoms with E-state index in [0.717, 1.165) is 19.5 Å². The second kappa shape index (κ2) is 6.95. The Morgan fingerprint density at radius 2 is 2.06 bits per heavy atom. The Labute approximate surface area is 106 Å². The summed E-state index contributed by atoms with van der Waals surface area (Å²) >= 11 is 0. The van der Waals surface area contributed by atoms with E-state index in [1.54, 1.807) is 0 Å². The maximum Gasteiger partial charge on any atom is 0.321 e. The highest BCUT2D eigenvalue weighted by Gasteiger charge is 2.20. The van der Waals surface area contributed by atoms with Crippen LogP contribution in [0.3, 0.4) is 0 Å². The fraction of sp³-hybridized carbons (Fsp3) is 0.727. The minimum absolute atomic E-state index is 0.186. The maximum atomic E-state index is 11.3. The topological polar surface area (TPSA) is 98.7 Å². The van der Waals surface area contributed by atoms with Gasteiger partial charge < -0.3 is 15.3 Å². The zero-order valence-corrected chi connectivity index (χ0v) is 10.4. The first-order valence-corrected chi connectivity index (χ1v) is 5.95. The normalized spacial score (nSPS) is 19.5. The van der Waals surface area contributed by atoms with Gasteiger partial charge >= 0.3 is 12.0 Å². The molecule has 0 aliphatic carbocycles. The van der Waals surface area contributed by atoms with E-state index in [-0.39, 0.29) is 12.8 Å². The third-order valence-corrected chi connectivity index (χ3v) is 2.86. The summed E-state index contributed by atoms with van der Waals surface area (Å²) in [5.41, 5.74) is 0. The van der Waals surface area contributed by atoms with Crippen LogP contribution in [0.25, 0.3) is 0 Å². The molecule has 3 N–H and O–H groups in total. The summed E-state index contributed by atoms with van der Waals surface area (Å²) in [4.78, 5) is 34.9. The second-order valence-electron chi connectivity index (χ2n) is 4.57. The van der Waals surface area contributed by atoms with Crippen LogP contribution >= 0.6 is 0 Å². The number of hydrogen-bond donors (Lipinski definition) is 3. The van der Waals surface area contributed by atoms with E-state index in [2.05, 4.69) is 15.5 Å². The zero-order valence-electron chi connectivity index (χ0n) is 10.4. The highest BCUT2D eigenvalue weighted by molar-refractivity contribution is 5.95. The Morgan fingerprint density at radius 1 is 1.33 bits per heavy atom. The van der Waals surface area contributed by atoms with Gasteiger partial charge in [-0.25, -0.2) is 4.79 Å². The van der Waals surface area contributed by atoms with Crippen molar-refractivity contribution in [2.24, 2.45) is 5.92 Å². The van der Waals surface area contributed by atoms with Gasteiger partial charge in [0.25, 0.3) is 0 Å². The highest BCUT2D eigenvalue weighted by atomic mass is 16.4. The molecule has 1 aliphatic rings. The van der Waals surface area contributed by atoms with Crippen molar-refractivity contribution >= 4 is 17.9 Å². The van der Waals surface area contributed by atoms with Crippen molar-refractivity contribution in [3.63, 3.8) is 0 Å². The number of carbonyl (C=O) groups excluding carboxylic acids is 2. The molecule has 0 spiro atoms. The molecule has 0 bridgehead atoms. The summed E-state index contributed by atoms with van der Waals surface area (Å²) in [6.45, 7) is 2.49. The molecular formula is C11H19N3O4. The average Bonchev–Trinajstić information content (AvgIpc) is 2.70. The van der Waals surface area contributed by atoms with Gasteiger partial charge in [0.05, 0.1) is 6.42 Å². The standard InChI is InChI=1S/C11H19N3O4/c1-14-5-4-8(7-14)6-12-11(18)13-9(15)2-3-10(16)17/h8H,2-7H2,1H3,(H,16,17)(H2,12,13,15,18). The van der Waals surface area contributed by atoms with Crippen molar-refractivity contribution in [3.05, 3.63) is 0 Å². The summed E-state index contributed by atoms with van der Waals surface area (Å²) in [5, 5.41) is 13.1. The minimum atomic E-state index is -1.06. The number of rotatable bonds is 5. The number of hydrogen-bond acceptors (Lipinski definition) is 4. The number of likely N-dealkylation sites (tertiary alicyclic amines) is 1. The van der Waals surface area contributed by atoms with Gasteiger partial charge in [0, 0.05) is 19.5 Å². The third kappa shape index (κ3) is 5.62. The molecular weight excluding hydrogens is 238 g/mol. The van der Waals surface area contributed by atoms with E-state index in [0.29, 0.717) is 12.5 Å². The number of imide groups is 1. The van der Waals surface area contributed by atoms with Crippen molar-refractivity contribution < 1.29 is 19.5 Å². The van der Waals surface area contributed by atoms with Gasteiger partial charge in [-0.05, 0) is 25.9 Å². The number of amides is 3. The Hall–Kier alpha value is -1.63. The highest BCUT2D eigenvalue weighted by Crippen LogP contribution is 2.12. The minimum Gasteiger partial charge on any atom is -0.481 e. The molecule has 1 saturated heterocycles. The number of urea groups is 1. The molecule has 1 rings (SSSR count). The van der Waals surface area contributed by atoms with Crippen LogP contribution in [-0.2, 0) is 9.59 Å². The Balaban J connectivity index is 2.13. The first-order chi connectivity index (χ1) is 8.47. The van der Waals surface area contributed by atoms with Crippen LogP contribution < -0.4 is 10.6 Å². The molecule has 1 atom stereocenters. The van der Waals surface area contributed by atoms with Gasteiger partial charge in [-0.15, -0.1) is 0 Å². The molecule has 1 fully saturated rings. The number of nitrogens with zero attached hydrogens (tertiary/aromatic N) is 1. The fourth-order valence-electron chi connectivity index (χ4n) is 1.88. The fourth-order valence-corrected chi connectivity index (χ4v) is 1.88. The lowest BCUT2D eigenvalue weighted by molar-refractivity contribution is -0.138. The zero-order chi connectivity index (χ0) is 13.5. The van der Waals surface area contributed by atoms with E-state index >= 15 is 0 Å². The third-order valence-electron chi connectivity index (χ3n) is 2.86. The van der Waals surface area contributed by atoms with Crippen molar-refractivity contribution in [3.8, 4) is 0 Å². The van der Waals surface area contributed by atoms with Gasteiger partial charge in [0.2, 0.25) is 5.91 Å². The molecule has 0 aromatic carbocycles. The van der Waals surface area contributed by atoms with Crippen molar-refractivity contribution in [1.82, 2.24) is 15.5 Å².